The zero-order valence-corrected chi connectivity index (χ0v) is 11.7. The van der Waals surface area contributed by atoms with Gasteiger partial charge in [-0.3, -0.25) is 0 Å². The fourth-order valence-electron chi connectivity index (χ4n) is 3.24. The largest absolute Gasteiger partial charge is 0.444 e. The SMILES string of the molecule is CC(C)(C)OC(=O)N1CCC[C@]2(CCC[C@H]2O)C1. The first-order valence-electron chi connectivity index (χ1n) is 6.98. The summed E-state index contributed by atoms with van der Waals surface area (Å²) < 4.78 is 5.42. The molecule has 1 saturated carbocycles. The predicted octanol–water partition coefficient (Wildman–Crippen LogP) is 2.55. The summed E-state index contributed by atoms with van der Waals surface area (Å²) in [6, 6.07) is 0. The van der Waals surface area contributed by atoms with Crippen LogP contribution in [0.3, 0.4) is 0 Å². The van der Waals surface area contributed by atoms with Crippen LogP contribution in [0.25, 0.3) is 0 Å². The molecule has 0 radical (unpaired) electrons. The molecule has 0 aromatic carbocycles. The van der Waals surface area contributed by atoms with Crippen LogP contribution in [0.2, 0.25) is 0 Å². The Labute approximate surface area is 109 Å². The normalized spacial score (nSPS) is 32.9. The molecule has 1 amide bonds. The molecule has 1 saturated heterocycles. The molecule has 1 aliphatic carbocycles. The van der Waals surface area contributed by atoms with Gasteiger partial charge in [0, 0.05) is 18.5 Å². The highest BCUT2D eigenvalue weighted by Crippen LogP contribution is 2.45. The van der Waals surface area contributed by atoms with Gasteiger partial charge in [0.1, 0.15) is 5.60 Å². The first kappa shape index (κ1) is 13.7. The van der Waals surface area contributed by atoms with Crippen molar-refractivity contribution in [1.29, 1.82) is 0 Å². The molecule has 2 rings (SSSR count). The Hall–Kier alpha value is -0.770. The van der Waals surface area contributed by atoms with Crippen LogP contribution >= 0.6 is 0 Å². The van der Waals surface area contributed by atoms with Crippen molar-refractivity contribution in [2.75, 3.05) is 13.1 Å². The Morgan fingerprint density at radius 1 is 1.33 bits per heavy atom. The number of hydrogen-bond donors (Lipinski definition) is 1. The molecule has 0 unspecified atom stereocenters. The first-order valence-corrected chi connectivity index (χ1v) is 6.98. The Kier molecular flexibility index (Phi) is 3.58. The van der Waals surface area contributed by atoms with Crippen LogP contribution in [-0.4, -0.2) is 40.9 Å². The average Bonchev–Trinajstić information content (AvgIpc) is 2.58. The molecule has 1 spiro atoms. The van der Waals surface area contributed by atoms with Gasteiger partial charge in [-0.15, -0.1) is 0 Å². The molecule has 0 bridgehead atoms. The van der Waals surface area contributed by atoms with Gasteiger partial charge < -0.3 is 14.7 Å². The maximum absolute atomic E-state index is 12.1. The first-order chi connectivity index (χ1) is 8.32. The summed E-state index contributed by atoms with van der Waals surface area (Å²) in [5.74, 6) is 0. The second-order valence-electron chi connectivity index (χ2n) is 6.78. The Morgan fingerprint density at radius 2 is 2.00 bits per heavy atom. The third kappa shape index (κ3) is 2.79. The molecule has 4 heteroatoms. The summed E-state index contributed by atoms with van der Waals surface area (Å²) in [5.41, 5.74) is -0.509. The average molecular weight is 255 g/mol. The molecular formula is C14H25NO3. The number of aliphatic hydroxyl groups is 1. The maximum Gasteiger partial charge on any atom is 0.410 e. The van der Waals surface area contributed by atoms with Crippen LogP contribution in [-0.2, 0) is 4.74 Å². The van der Waals surface area contributed by atoms with Gasteiger partial charge >= 0.3 is 6.09 Å². The highest BCUT2D eigenvalue weighted by atomic mass is 16.6. The molecule has 104 valence electrons. The van der Waals surface area contributed by atoms with E-state index in [0.717, 1.165) is 38.6 Å². The number of carbonyl (C=O) groups excluding carboxylic acids is 1. The van der Waals surface area contributed by atoms with Crippen molar-refractivity contribution in [2.45, 2.75) is 64.6 Å². The van der Waals surface area contributed by atoms with Gasteiger partial charge in [-0.2, -0.15) is 0 Å². The minimum absolute atomic E-state index is 0.0604. The van der Waals surface area contributed by atoms with E-state index in [2.05, 4.69) is 0 Å². The number of piperidine rings is 1. The molecule has 1 N–H and O–H groups in total. The smallest absolute Gasteiger partial charge is 0.410 e. The lowest BCUT2D eigenvalue weighted by atomic mass is 9.77. The molecule has 4 nitrogen and oxygen atoms in total. The topological polar surface area (TPSA) is 49.8 Å². The molecule has 18 heavy (non-hydrogen) atoms. The van der Waals surface area contributed by atoms with Crippen LogP contribution in [0.5, 0.6) is 0 Å². The predicted molar refractivity (Wildman–Crippen MR) is 69.3 cm³/mol. The van der Waals surface area contributed by atoms with Crippen LogP contribution in [0, 0.1) is 5.41 Å². The molecule has 2 aliphatic rings. The van der Waals surface area contributed by atoms with E-state index in [1.54, 1.807) is 4.90 Å². The number of likely N-dealkylation sites (tertiary alicyclic amines) is 1. The Morgan fingerprint density at radius 3 is 2.56 bits per heavy atom. The van der Waals surface area contributed by atoms with Crippen LogP contribution in [0.15, 0.2) is 0 Å². The number of aliphatic hydroxyl groups excluding tert-OH is 1. The Balaban J connectivity index is 2.01. The zero-order chi connectivity index (χ0) is 13.4. The monoisotopic (exact) mass is 255 g/mol. The lowest BCUT2D eigenvalue weighted by Gasteiger charge is -2.42. The highest BCUT2D eigenvalue weighted by molar-refractivity contribution is 5.68. The molecule has 1 heterocycles. The fraction of sp³-hybridized carbons (Fsp3) is 0.929. The third-order valence-electron chi connectivity index (χ3n) is 4.12. The van der Waals surface area contributed by atoms with Crippen molar-refractivity contribution in [3.05, 3.63) is 0 Å². The van der Waals surface area contributed by atoms with Crippen LogP contribution in [0.1, 0.15) is 52.9 Å². The Bertz CT molecular complexity index is 323. The van der Waals surface area contributed by atoms with E-state index in [0.29, 0.717) is 6.54 Å². The molecule has 0 aromatic heterocycles. The van der Waals surface area contributed by atoms with Gasteiger partial charge in [-0.05, 0) is 46.5 Å². The van der Waals surface area contributed by atoms with Gasteiger partial charge in [0.15, 0.2) is 0 Å². The molecule has 2 fully saturated rings. The summed E-state index contributed by atoms with van der Waals surface area (Å²) in [5, 5.41) is 10.2. The van der Waals surface area contributed by atoms with E-state index in [-0.39, 0.29) is 17.6 Å². The molecule has 2 atom stereocenters. The number of nitrogens with zero attached hydrogens (tertiary/aromatic N) is 1. The summed E-state index contributed by atoms with van der Waals surface area (Å²) >= 11 is 0. The fourth-order valence-corrected chi connectivity index (χ4v) is 3.24. The molecule has 0 aromatic rings. The zero-order valence-electron chi connectivity index (χ0n) is 11.7. The standard InChI is InChI=1S/C14H25NO3/c1-13(2,3)18-12(17)15-9-5-8-14(10-15)7-4-6-11(14)16/h11,16H,4-10H2,1-3H3/t11-,14-/m1/s1. The summed E-state index contributed by atoms with van der Waals surface area (Å²) in [7, 11) is 0. The van der Waals surface area contributed by atoms with E-state index < -0.39 is 5.60 Å². The lowest BCUT2D eigenvalue weighted by Crippen LogP contribution is -2.50. The summed E-state index contributed by atoms with van der Waals surface area (Å²) in [4.78, 5) is 13.9. The van der Waals surface area contributed by atoms with E-state index >= 15 is 0 Å². The van der Waals surface area contributed by atoms with Gasteiger partial charge in [0.25, 0.3) is 0 Å². The van der Waals surface area contributed by atoms with Crippen molar-refractivity contribution in [3.63, 3.8) is 0 Å². The molecular weight excluding hydrogens is 230 g/mol. The van der Waals surface area contributed by atoms with Crippen molar-refractivity contribution in [2.24, 2.45) is 5.41 Å². The maximum atomic E-state index is 12.1. The van der Waals surface area contributed by atoms with Gasteiger partial charge in [0.2, 0.25) is 0 Å². The van der Waals surface area contributed by atoms with Crippen molar-refractivity contribution >= 4 is 6.09 Å². The van der Waals surface area contributed by atoms with Crippen molar-refractivity contribution in [1.82, 2.24) is 4.90 Å². The second kappa shape index (κ2) is 4.72. The van der Waals surface area contributed by atoms with Gasteiger partial charge in [-0.1, -0.05) is 6.42 Å². The van der Waals surface area contributed by atoms with Crippen LogP contribution in [0.4, 0.5) is 4.79 Å². The number of rotatable bonds is 0. The minimum Gasteiger partial charge on any atom is -0.444 e. The second-order valence-corrected chi connectivity index (χ2v) is 6.78. The van der Waals surface area contributed by atoms with E-state index in [4.69, 9.17) is 4.74 Å². The minimum atomic E-state index is -0.448. The summed E-state index contributed by atoms with van der Waals surface area (Å²) in [6.07, 6.45) is 4.51. The number of ether oxygens (including phenoxy) is 1. The van der Waals surface area contributed by atoms with Crippen molar-refractivity contribution in [3.8, 4) is 0 Å². The number of hydrogen-bond acceptors (Lipinski definition) is 3. The third-order valence-corrected chi connectivity index (χ3v) is 4.12. The van der Waals surface area contributed by atoms with E-state index in [1.807, 2.05) is 20.8 Å². The van der Waals surface area contributed by atoms with E-state index in [9.17, 15) is 9.90 Å². The van der Waals surface area contributed by atoms with Gasteiger partial charge in [0.05, 0.1) is 6.10 Å². The van der Waals surface area contributed by atoms with Crippen LogP contribution < -0.4 is 0 Å². The summed E-state index contributed by atoms with van der Waals surface area (Å²) in [6.45, 7) is 7.06. The number of amides is 1. The molecule has 1 aliphatic heterocycles. The van der Waals surface area contributed by atoms with Crippen molar-refractivity contribution < 1.29 is 14.6 Å². The lowest BCUT2D eigenvalue weighted by molar-refractivity contribution is -0.0271. The highest BCUT2D eigenvalue weighted by Gasteiger charge is 2.46. The quantitative estimate of drug-likeness (QED) is 0.723. The number of carbonyl (C=O) groups is 1. The van der Waals surface area contributed by atoms with Gasteiger partial charge in [-0.25, -0.2) is 4.79 Å². The van der Waals surface area contributed by atoms with E-state index in [1.165, 1.54) is 0 Å².